The smallest absolute Gasteiger partial charge is 0.243 e. The van der Waals surface area contributed by atoms with Crippen LogP contribution in [0, 0.1) is 5.82 Å². The quantitative estimate of drug-likeness (QED) is 0.612. The van der Waals surface area contributed by atoms with Crippen LogP contribution in [0.2, 0.25) is 0 Å². The van der Waals surface area contributed by atoms with Crippen LogP contribution in [0.4, 0.5) is 10.1 Å². The Morgan fingerprint density at radius 3 is 2.59 bits per heavy atom. The lowest BCUT2D eigenvalue weighted by atomic mass is 10.3. The Labute approximate surface area is 160 Å². The number of imidazole rings is 1. The maximum absolute atomic E-state index is 12.8. The van der Waals surface area contributed by atoms with E-state index in [1.807, 2.05) is 31.2 Å². The van der Waals surface area contributed by atoms with E-state index >= 15 is 0 Å². The second-order valence-corrected chi connectivity index (χ2v) is 6.69. The first-order valence-electron chi connectivity index (χ1n) is 8.47. The third-order valence-corrected chi connectivity index (χ3v) is 4.82. The van der Waals surface area contributed by atoms with Gasteiger partial charge in [0.2, 0.25) is 11.8 Å². The Bertz CT molecular complexity index is 956. The average Bonchev–Trinajstić information content (AvgIpc) is 3.04. The Morgan fingerprint density at radius 2 is 1.85 bits per heavy atom. The summed E-state index contributed by atoms with van der Waals surface area (Å²) >= 11 is 1.33. The van der Waals surface area contributed by atoms with Crippen molar-refractivity contribution in [3.05, 3.63) is 54.3 Å². The van der Waals surface area contributed by atoms with Gasteiger partial charge in [-0.2, -0.15) is 0 Å². The first-order chi connectivity index (χ1) is 13.1. The topological polar surface area (TPSA) is 76.0 Å². The van der Waals surface area contributed by atoms with Gasteiger partial charge in [0, 0.05) is 12.2 Å². The molecule has 1 aromatic heterocycles. The molecule has 0 radical (unpaired) electrons. The van der Waals surface area contributed by atoms with Crippen molar-refractivity contribution in [2.75, 3.05) is 17.6 Å². The summed E-state index contributed by atoms with van der Waals surface area (Å²) in [4.78, 5) is 28.4. The maximum atomic E-state index is 12.8. The standard InChI is InChI=1S/C19H19FN4O2S/c1-2-24-16-6-4-3-5-15(16)23-19(24)27-12-18(26)21-11-17(25)22-14-9-7-13(20)8-10-14/h3-10H,2,11-12H2,1H3,(H,21,26)(H,22,25). The van der Waals surface area contributed by atoms with E-state index in [0.717, 1.165) is 22.7 Å². The number of aryl methyl sites for hydroxylation is 1. The van der Waals surface area contributed by atoms with Crippen molar-refractivity contribution in [1.82, 2.24) is 14.9 Å². The number of carbonyl (C=O) groups is 2. The number of fused-ring (bicyclic) bond motifs is 1. The second kappa shape index (κ2) is 8.68. The van der Waals surface area contributed by atoms with Crippen molar-refractivity contribution in [3.63, 3.8) is 0 Å². The van der Waals surface area contributed by atoms with Crippen LogP contribution in [0.1, 0.15) is 6.92 Å². The number of nitrogens with one attached hydrogen (secondary N) is 2. The van der Waals surface area contributed by atoms with Gasteiger partial charge in [0.15, 0.2) is 5.16 Å². The number of aromatic nitrogens is 2. The predicted octanol–water partition coefficient (Wildman–Crippen LogP) is 3.04. The summed E-state index contributed by atoms with van der Waals surface area (Å²) in [6, 6.07) is 13.2. The molecule has 0 atom stereocenters. The zero-order chi connectivity index (χ0) is 19.2. The van der Waals surface area contributed by atoms with Gasteiger partial charge in [0.25, 0.3) is 0 Å². The van der Waals surface area contributed by atoms with Crippen LogP contribution in [0.5, 0.6) is 0 Å². The lowest BCUT2D eigenvalue weighted by molar-refractivity contribution is -0.122. The molecule has 6 nitrogen and oxygen atoms in total. The van der Waals surface area contributed by atoms with Crippen LogP contribution in [0.15, 0.2) is 53.7 Å². The number of hydrogen-bond acceptors (Lipinski definition) is 4. The van der Waals surface area contributed by atoms with Gasteiger partial charge >= 0.3 is 0 Å². The van der Waals surface area contributed by atoms with Crippen molar-refractivity contribution in [2.45, 2.75) is 18.6 Å². The molecular weight excluding hydrogens is 367 g/mol. The molecule has 2 amide bonds. The highest BCUT2D eigenvalue weighted by Gasteiger charge is 2.12. The van der Waals surface area contributed by atoms with E-state index in [2.05, 4.69) is 20.2 Å². The fraction of sp³-hybridized carbons (Fsp3) is 0.211. The third kappa shape index (κ3) is 4.85. The number of amides is 2. The molecule has 3 rings (SSSR count). The molecule has 8 heteroatoms. The Morgan fingerprint density at radius 1 is 1.11 bits per heavy atom. The van der Waals surface area contributed by atoms with E-state index < -0.39 is 0 Å². The molecule has 0 saturated carbocycles. The molecule has 1 heterocycles. The lowest BCUT2D eigenvalue weighted by Crippen LogP contribution is -2.33. The van der Waals surface area contributed by atoms with Crippen LogP contribution < -0.4 is 10.6 Å². The molecule has 0 bridgehead atoms. The summed E-state index contributed by atoms with van der Waals surface area (Å²) in [5.74, 6) is -0.853. The fourth-order valence-electron chi connectivity index (χ4n) is 2.57. The van der Waals surface area contributed by atoms with Gasteiger partial charge in [-0.05, 0) is 43.3 Å². The number of rotatable bonds is 7. The molecular formula is C19H19FN4O2S. The zero-order valence-corrected chi connectivity index (χ0v) is 15.6. The first-order valence-corrected chi connectivity index (χ1v) is 9.45. The van der Waals surface area contributed by atoms with Crippen LogP contribution in [0.25, 0.3) is 11.0 Å². The lowest BCUT2D eigenvalue weighted by Gasteiger charge is -2.08. The molecule has 0 unspecified atom stereocenters. The molecule has 0 spiro atoms. The maximum Gasteiger partial charge on any atom is 0.243 e. The molecule has 0 saturated heterocycles. The second-order valence-electron chi connectivity index (χ2n) is 5.75. The fourth-order valence-corrected chi connectivity index (χ4v) is 3.48. The summed E-state index contributed by atoms with van der Waals surface area (Å²) in [5.41, 5.74) is 2.39. The number of halogens is 1. The van der Waals surface area contributed by atoms with Crippen LogP contribution >= 0.6 is 11.8 Å². The molecule has 0 aliphatic heterocycles. The summed E-state index contributed by atoms with van der Waals surface area (Å²) in [6.07, 6.45) is 0. The average molecular weight is 386 g/mol. The molecule has 27 heavy (non-hydrogen) atoms. The number of hydrogen-bond donors (Lipinski definition) is 2. The van der Waals surface area contributed by atoms with E-state index in [0.29, 0.717) is 5.69 Å². The third-order valence-electron chi connectivity index (χ3n) is 3.84. The number of benzene rings is 2. The van der Waals surface area contributed by atoms with Crippen molar-refractivity contribution < 1.29 is 14.0 Å². The van der Waals surface area contributed by atoms with Crippen molar-refractivity contribution >= 4 is 40.3 Å². The van der Waals surface area contributed by atoms with Crippen molar-refractivity contribution in [2.24, 2.45) is 0 Å². The van der Waals surface area contributed by atoms with Gasteiger partial charge < -0.3 is 15.2 Å². The van der Waals surface area contributed by atoms with E-state index in [1.54, 1.807) is 0 Å². The van der Waals surface area contributed by atoms with Gasteiger partial charge in [0.1, 0.15) is 5.82 Å². The molecule has 0 fully saturated rings. The highest BCUT2D eigenvalue weighted by molar-refractivity contribution is 7.99. The molecule has 3 aromatic rings. The Kier molecular flexibility index (Phi) is 6.08. The summed E-state index contributed by atoms with van der Waals surface area (Å²) < 4.78 is 14.9. The molecule has 140 valence electrons. The van der Waals surface area contributed by atoms with Crippen LogP contribution in [0.3, 0.4) is 0 Å². The van der Waals surface area contributed by atoms with Gasteiger partial charge in [-0.25, -0.2) is 9.37 Å². The van der Waals surface area contributed by atoms with E-state index in [4.69, 9.17) is 0 Å². The number of para-hydroxylation sites is 2. The molecule has 0 aliphatic rings. The monoisotopic (exact) mass is 386 g/mol. The van der Waals surface area contributed by atoms with Gasteiger partial charge in [-0.3, -0.25) is 9.59 Å². The normalized spacial score (nSPS) is 10.7. The number of carbonyl (C=O) groups excluding carboxylic acids is 2. The molecule has 2 aromatic carbocycles. The first kappa shape index (κ1) is 18.9. The van der Waals surface area contributed by atoms with E-state index in [9.17, 15) is 14.0 Å². The van der Waals surface area contributed by atoms with Crippen LogP contribution in [-0.2, 0) is 16.1 Å². The number of thioether (sulfide) groups is 1. The summed E-state index contributed by atoms with van der Waals surface area (Å²) in [7, 11) is 0. The SMILES string of the molecule is CCn1c(SCC(=O)NCC(=O)Nc2ccc(F)cc2)nc2ccccc21. The van der Waals surface area contributed by atoms with Gasteiger partial charge in [-0.15, -0.1) is 0 Å². The highest BCUT2D eigenvalue weighted by atomic mass is 32.2. The minimum absolute atomic E-state index is 0.152. The van der Waals surface area contributed by atoms with Crippen molar-refractivity contribution in [1.29, 1.82) is 0 Å². The largest absolute Gasteiger partial charge is 0.346 e. The minimum Gasteiger partial charge on any atom is -0.346 e. The van der Waals surface area contributed by atoms with Crippen molar-refractivity contribution in [3.8, 4) is 0 Å². The minimum atomic E-state index is -0.378. The highest BCUT2D eigenvalue weighted by Crippen LogP contribution is 2.23. The molecule has 2 N–H and O–H groups in total. The van der Waals surface area contributed by atoms with E-state index in [1.165, 1.54) is 36.0 Å². The zero-order valence-electron chi connectivity index (χ0n) is 14.7. The summed E-state index contributed by atoms with van der Waals surface area (Å²) in [5, 5.41) is 5.93. The van der Waals surface area contributed by atoms with E-state index in [-0.39, 0.29) is 29.9 Å². The Hall–Kier alpha value is -2.87. The summed E-state index contributed by atoms with van der Waals surface area (Å²) in [6.45, 7) is 2.63. The van der Waals surface area contributed by atoms with Crippen LogP contribution in [-0.4, -0.2) is 33.7 Å². The predicted molar refractivity (Wildman–Crippen MR) is 104 cm³/mol. The number of anilines is 1. The van der Waals surface area contributed by atoms with Gasteiger partial charge in [-0.1, -0.05) is 23.9 Å². The Balaban J connectivity index is 1.50. The van der Waals surface area contributed by atoms with Gasteiger partial charge in [0.05, 0.1) is 23.3 Å². The molecule has 0 aliphatic carbocycles. The number of nitrogens with zero attached hydrogens (tertiary/aromatic N) is 2.